The first kappa shape index (κ1) is 88.9. The molecule has 6 atom stereocenters. The number of unbranched alkanes of at least 4 members (excludes halogenated alkanes) is 7. The number of allylic oxidation sites excluding steroid dienone is 7. The molecule has 105 heavy (non-hydrogen) atoms. The van der Waals surface area contributed by atoms with E-state index in [9.17, 15) is 70.3 Å². The summed E-state index contributed by atoms with van der Waals surface area (Å²) < 4.78 is 71.2. The van der Waals surface area contributed by atoms with Gasteiger partial charge in [-0.2, -0.15) is 13.0 Å². The van der Waals surface area contributed by atoms with Gasteiger partial charge in [0.25, 0.3) is 10.1 Å². The molecule has 24 heteroatoms. The Hall–Kier alpha value is -6.73. The number of carbonyl (C=O) groups is 6. The van der Waals surface area contributed by atoms with Crippen LogP contribution in [-0.4, -0.2) is 121 Å². The average Bonchev–Trinajstić information content (AvgIpc) is 1.67. The van der Waals surface area contributed by atoms with Crippen LogP contribution in [0.4, 0.5) is 11.4 Å². The summed E-state index contributed by atoms with van der Waals surface area (Å²) in [7, 11) is -8.69. The van der Waals surface area contributed by atoms with Crippen molar-refractivity contribution in [2.24, 2.45) is 51.8 Å². The van der Waals surface area contributed by atoms with Gasteiger partial charge in [0.15, 0.2) is 5.71 Å². The first-order chi connectivity index (χ1) is 48.2. The van der Waals surface area contributed by atoms with Crippen LogP contribution in [0, 0.1) is 51.8 Å². The van der Waals surface area contributed by atoms with Crippen LogP contribution in [0.5, 0.6) is 0 Å². The maximum atomic E-state index is 15.5. The topological polar surface area (TPSA) is 346 Å². The molecular weight excluding hydrogens is 1390 g/mol. The second kappa shape index (κ2) is 36.9. The number of fused-ring (bicyclic) bond motifs is 6. The van der Waals surface area contributed by atoms with Gasteiger partial charge in [-0.3, -0.25) is 18.9 Å². The third-order valence-corrected chi connectivity index (χ3v) is 24.0. The molecule has 0 aromatic heterocycles. The number of benzene rings is 4. The zero-order valence-corrected chi connectivity index (χ0v) is 67.0. The summed E-state index contributed by atoms with van der Waals surface area (Å²) in [5.74, 6) is -21.5. The number of nitrogens with one attached hydrogen (secondary N) is 3. The Labute approximate surface area is 645 Å². The van der Waals surface area contributed by atoms with Crippen molar-refractivity contribution < 1.29 is 109 Å². The summed E-state index contributed by atoms with van der Waals surface area (Å²) in [6.07, 6.45) is 16.8. The number of hydrogen-bond donors (Lipinski definition) is 5. The summed E-state index contributed by atoms with van der Waals surface area (Å²) in [5, 5.41) is 65.9. The van der Waals surface area contributed by atoms with E-state index in [0.29, 0.717) is 57.3 Å². The molecule has 5 N–H and O–H groups in total. The zero-order valence-electron chi connectivity index (χ0n) is 63.4. The van der Waals surface area contributed by atoms with E-state index in [0.717, 1.165) is 98.7 Å². The molecule has 21 nitrogen and oxygen atoms in total. The smallest absolute Gasteiger partial charge is 0.748 e. The van der Waals surface area contributed by atoms with E-state index in [1.807, 2.05) is 30.3 Å². The second-order valence-electron chi connectivity index (χ2n) is 31.3. The normalized spacial score (nSPS) is 17.9. The number of carbonyl (C=O) groups excluding carboxylic acids is 5. The molecule has 3 aliphatic rings. The van der Waals surface area contributed by atoms with Crippen LogP contribution in [0.3, 0.4) is 0 Å². The summed E-state index contributed by atoms with van der Waals surface area (Å²) in [6, 6.07) is 24.4. The molecule has 2 heterocycles. The van der Waals surface area contributed by atoms with Crippen LogP contribution in [-0.2, 0) is 59.8 Å². The molecule has 0 radical (unpaired) electrons. The first-order valence-electron chi connectivity index (χ1n) is 36.5. The Morgan fingerprint density at radius 3 is 1.77 bits per heavy atom. The molecule has 0 bridgehead atoms. The van der Waals surface area contributed by atoms with Crippen LogP contribution >= 0.6 is 0 Å². The number of hydrogen-bond acceptors (Lipinski definition) is 16. The van der Waals surface area contributed by atoms with Crippen molar-refractivity contribution in [3.8, 4) is 0 Å². The molecule has 0 spiro atoms. The van der Waals surface area contributed by atoms with E-state index in [1.165, 1.54) is 34.6 Å². The average molecular weight is 1500 g/mol. The van der Waals surface area contributed by atoms with Crippen LogP contribution in [0.2, 0.25) is 0 Å². The predicted molar refractivity (Wildman–Crippen MR) is 402 cm³/mol. The maximum Gasteiger partial charge on any atom is 1.00 e. The minimum atomic E-state index is -4.47. The number of nitrogens with zero attached hydrogens (tertiary/aromatic N) is 2. The van der Waals surface area contributed by atoms with Gasteiger partial charge in [-0.25, -0.2) is 8.42 Å². The van der Waals surface area contributed by atoms with Gasteiger partial charge in [0.1, 0.15) is 6.54 Å². The molecule has 6 unspecified atom stereocenters. The van der Waals surface area contributed by atoms with Crippen LogP contribution in [0.15, 0.2) is 120 Å². The number of carboxylic acids is 4. The number of aliphatic carboxylic acids is 4. The first-order valence-corrected chi connectivity index (χ1v) is 39.7. The van der Waals surface area contributed by atoms with Gasteiger partial charge >= 0.3 is 35.5 Å². The summed E-state index contributed by atoms with van der Waals surface area (Å²) in [6.45, 7) is 22.6. The van der Waals surface area contributed by atoms with Gasteiger partial charge in [-0.1, -0.05) is 189 Å². The molecule has 0 saturated heterocycles. The summed E-state index contributed by atoms with van der Waals surface area (Å²) in [4.78, 5) is 86.6. The van der Waals surface area contributed by atoms with E-state index < -0.39 is 130 Å². The molecule has 2 aliphatic heterocycles. The number of rotatable bonds is 39. The maximum absolute atomic E-state index is 15.5. The number of amides is 2. The number of carboxylic acid groups (broad SMARTS) is 4. The molecule has 0 fully saturated rings. The standard InChI is InChI=1S/C80H111N5O16S2.CH4.Na/c1-14-16-17-18-19-24-44-82-70(86)51(3)62(72(88)89)79(10,11)67(74(92)93)68(75(94)95)80(12,13)65(66(73(90)91)76(4,5)15-2)71(87)83-46-45-81-69-54(38-42-60-77(6,7)63-56-34-22-20-30-52(56)36-40-58(63)84(60)47-25-27-49-102(96,97)98)32-29-33-55(69)39-43-61-78(8,9)64-57-35-23-21-31-53(57)37-41-59(64)85(61)48-26-28-50-103(99,100)101;;/h20-23,30-31,34-43,51,62,65-68H,14-19,24-29,32-33,44-50H2,1-13H3,(H8,82,83,86,87,88,89,90,91,92,93,94,95,96,97,98,99,100,101);1H4;/q;;+1/p-3. The van der Waals surface area contributed by atoms with E-state index in [-0.39, 0.29) is 75.9 Å². The molecule has 2 amide bonds. The van der Waals surface area contributed by atoms with Gasteiger partial charge in [0.05, 0.1) is 33.1 Å². The molecule has 1 aliphatic carbocycles. The van der Waals surface area contributed by atoms with E-state index in [4.69, 9.17) is 0 Å². The van der Waals surface area contributed by atoms with Gasteiger partial charge in [-0.05, 0) is 132 Å². The molecule has 0 saturated carbocycles. The second-order valence-corrected chi connectivity index (χ2v) is 34.4. The zero-order chi connectivity index (χ0) is 76.4. The summed E-state index contributed by atoms with van der Waals surface area (Å²) >= 11 is 0. The molecule has 4 aromatic rings. The van der Waals surface area contributed by atoms with Crippen LogP contribution in [0.25, 0.3) is 21.5 Å². The van der Waals surface area contributed by atoms with Crippen molar-refractivity contribution in [2.45, 2.75) is 198 Å². The van der Waals surface area contributed by atoms with Crippen molar-refractivity contribution in [3.63, 3.8) is 0 Å². The number of anilines is 1. The van der Waals surface area contributed by atoms with Gasteiger partial charge in [-0.15, -0.1) is 0 Å². The van der Waals surface area contributed by atoms with Crippen molar-refractivity contribution >= 4 is 94.6 Å². The predicted octanol–water partition coefficient (Wildman–Crippen LogP) is 7.33. The Morgan fingerprint density at radius 2 is 1.19 bits per heavy atom. The van der Waals surface area contributed by atoms with Crippen molar-refractivity contribution in [1.82, 2.24) is 16.0 Å². The molecule has 572 valence electrons. The van der Waals surface area contributed by atoms with E-state index in [1.54, 1.807) is 20.8 Å². The monoisotopic (exact) mass is 1500 g/mol. The Kier molecular flexibility index (Phi) is 31.3. The SMILES string of the molecule is C.CCCCCCCCNC(=O)C(C)C(C(=O)[O-])C(C)(C)C(C(=O)O)C(C(=O)[O-])C(C)(C)C(C(=O)NCCNC1=C(C=CC2=[N+](CCCCS(=O)(=O)O)c3ccc4ccccc4c3C2(C)C)CCCC1=CC=C1N(CCCCS(=O)(=O)[O-])c2ccc3ccccc3c2C1(C)C)C(C(=O)[O-])C(C)(C)CC.[Na+]. The molecular formula is C81H112N5NaO16S2-2. The third-order valence-electron chi connectivity index (χ3n) is 22.4. The molecule has 4 aromatic carbocycles. The van der Waals surface area contributed by atoms with Crippen molar-refractivity contribution in [1.29, 1.82) is 0 Å². The minimum Gasteiger partial charge on any atom is -0.748 e. The Morgan fingerprint density at radius 1 is 0.629 bits per heavy atom. The van der Waals surface area contributed by atoms with Crippen LogP contribution < -0.4 is 65.7 Å². The van der Waals surface area contributed by atoms with Gasteiger partial charge in [0.2, 0.25) is 17.5 Å². The Balaban J connectivity index is 0.00000990. The minimum absolute atomic E-state index is 0. The van der Waals surface area contributed by atoms with E-state index in [2.05, 4.69) is 127 Å². The third kappa shape index (κ3) is 20.8. The van der Waals surface area contributed by atoms with E-state index >= 15 is 4.79 Å². The fourth-order valence-corrected chi connectivity index (χ4v) is 17.9. The fourth-order valence-electron chi connectivity index (χ4n) is 16.8. The largest absolute Gasteiger partial charge is 1.00 e. The summed E-state index contributed by atoms with van der Waals surface area (Å²) in [5.41, 5.74) is 1.45. The fraction of sp³-hybridized carbons (Fsp3) is 0.568. The van der Waals surface area contributed by atoms with Crippen LogP contribution in [0.1, 0.15) is 198 Å². The molecule has 7 rings (SSSR count). The van der Waals surface area contributed by atoms with Gasteiger partial charge < -0.3 is 60.2 Å². The Bertz CT molecular complexity index is 4230. The van der Waals surface area contributed by atoms with Crippen molar-refractivity contribution in [3.05, 3.63) is 131 Å². The van der Waals surface area contributed by atoms with Gasteiger partial charge in [0, 0.05) is 120 Å². The quantitative estimate of drug-likeness (QED) is 0.0126. The van der Waals surface area contributed by atoms with Crippen molar-refractivity contribution in [2.75, 3.05) is 49.1 Å².